The van der Waals surface area contributed by atoms with Crippen LogP contribution in [0.15, 0.2) is 33.9 Å². The van der Waals surface area contributed by atoms with Gasteiger partial charge in [-0.25, -0.2) is 9.78 Å². The van der Waals surface area contributed by atoms with Crippen LogP contribution in [0.2, 0.25) is 5.02 Å². The lowest BCUT2D eigenvalue weighted by atomic mass is 10.0. The van der Waals surface area contributed by atoms with Crippen LogP contribution in [0, 0.1) is 5.92 Å². The van der Waals surface area contributed by atoms with Gasteiger partial charge in [0, 0.05) is 32.2 Å². The average Bonchev–Trinajstić information content (AvgIpc) is 3.04. The molecule has 7 nitrogen and oxygen atoms in total. The van der Waals surface area contributed by atoms with Crippen LogP contribution < -0.4 is 11.2 Å². The lowest BCUT2D eigenvalue weighted by Gasteiger charge is -2.30. The minimum Gasteiger partial charge on any atom is -0.317 e. The zero-order valence-corrected chi connectivity index (χ0v) is 17.8. The van der Waals surface area contributed by atoms with Crippen LogP contribution in [0.3, 0.4) is 0 Å². The summed E-state index contributed by atoms with van der Waals surface area (Å²) < 4.78 is 4.56. The molecule has 1 atom stereocenters. The maximum Gasteiger partial charge on any atom is 0.332 e. The van der Waals surface area contributed by atoms with Gasteiger partial charge in [0.1, 0.15) is 5.82 Å². The molecule has 0 saturated carbocycles. The van der Waals surface area contributed by atoms with E-state index in [0.29, 0.717) is 35.2 Å². The second-order valence-corrected chi connectivity index (χ2v) is 8.54. The maximum atomic E-state index is 13.0. The van der Waals surface area contributed by atoms with Crippen molar-refractivity contribution in [3.8, 4) is 0 Å². The maximum absolute atomic E-state index is 13.0. The van der Waals surface area contributed by atoms with Crippen molar-refractivity contribution in [3.63, 3.8) is 0 Å². The van der Waals surface area contributed by atoms with Crippen molar-refractivity contribution in [1.29, 1.82) is 0 Å². The minimum atomic E-state index is -0.364. The summed E-state index contributed by atoms with van der Waals surface area (Å²) in [5.74, 6) is 1.46. The largest absolute Gasteiger partial charge is 0.332 e. The number of aromatic nitrogens is 4. The lowest BCUT2D eigenvalue weighted by molar-refractivity contribution is 0.171. The number of piperidine rings is 1. The Bertz CT molecular complexity index is 1160. The fourth-order valence-corrected chi connectivity index (χ4v) is 4.31. The molecule has 0 amide bonds. The van der Waals surface area contributed by atoms with E-state index < -0.39 is 0 Å². The number of hydrogen-bond donors (Lipinski definition) is 0. The molecule has 0 unspecified atom stereocenters. The summed E-state index contributed by atoms with van der Waals surface area (Å²) in [6.07, 6.45) is 2.41. The van der Waals surface area contributed by atoms with Crippen LogP contribution in [-0.4, -0.2) is 36.7 Å². The molecule has 154 valence electrons. The highest BCUT2D eigenvalue weighted by Gasteiger charge is 2.23. The monoisotopic (exact) mass is 415 g/mol. The van der Waals surface area contributed by atoms with E-state index in [0.717, 1.165) is 29.0 Å². The van der Waals surface area contributed by atoms with E-state index in [9.17, 15) is 9.59 Å². The van der Waals surface area contributed by atoms with Gasteiger partial charge in [0.2, 0.25) is 0 Å². The number of halogens is 1. The van der Waals surface area contributed by atoms with Gasteiger partial charge in [0.25, 0.3) is 5.56 Å². The van der Waals surface area contributed by atoms with Gasteiger partial charge in [-0.05, 0) is 43.0 Å². The lowest BCUT2D eigenvalue weighted by Crippen LogP contribution is -2.37. The van der Waals surface area contributed by atoms with Crippen LogP contribution in [0.5, 0.6) is 0 Å². The average molecular weight is 416 g/mol. The number of aryl methyl sites for hydroxylation is 1. The summed E-state index contributed by atoms with van der Waals surface area (Å²) in [5, 5.41) is 0.671. The predicted octanol–water partition coefficient (Wildman–Crippen LogP) is 2.37. The summed E-state index contributed by atoms with van der Waals surface area (Å²) in [7, 11) is 3.17. The standard InChI is InChI=1S/C21H26ClN5O2/c1-14-5-4-10-26(11-14)13-17-23-19-18(20(28)25(3)21(29)24(19)2)27(17)12-15-6-8-16(22)9-7-15/h6-9,14H,4-5,10-13H2,1-3H3/t14-/m0/s1. The molecular formula is C21H26ClN5O2. The first kappa shape index (κ1) is 19.9. The van der Waals surface area contributed by atoms with Crippen LogP contribution in [0.25, 0.3) is 11.2 Å². The van der Waals surface area contributed by atoms with Gasteiger partial charge in [0.05, 0.1) is 6.54 Å². The van der Waals surface area contributed by atoms with Crippen molar-refractivity contribution >= 4 is 22.8 Å². The van der Waals surface area contributed by atoms with Crippen LogP contribution in [0.1, 0.15) is 31.2 Å². The first-order valence-corrected chi connectivity index (χ1v) is 10.3. The van der Waals surface area contributed by atoms with Gasteiger partial charge in [-0.1, -0.05) is 30.7 Å². The van der Waals surface area contributed by atoms with E-state index >= 15 is 0 Å². The summed E-state index contributed by atoms with van der Waals surface area (Å²) in [5.41, 5.74) is 1.24. The Morgan fingerprint density at radius 2 is 1.83 bits per heavy atom. The molecule has 1 fully saturated rings. The van der Waals surface area contributed by atoms with E-state index in [2.05, 4.69) is 11.8 Å². The highest BCUT2D eigenvalue weighted by molar-refractivity contribution is 6.30. The zero-order chi connectivity index (χ0) is 20.7. The van der Waals surface area contributed by atoms with Gasteiger partial charge in [0.15, 0.2) is 11.2 Å². The molecule has 29 heavy (non-hydrogen) atoms. The first-order chi connectivity index (χ1) is 13.8. The highest BCUT2D eigenvalue weighted by atomic mass is 35.5. The molecular weight excluding hydrogens is 390 g/mol. The number of rotatable bonds is 4. The minimum absolute atomic E-state index is 0.317. The molecule has 8 heteroatoms. The molecule has 1 aliphatic heterocycles. The Labute approximate surface area is 174 Å². The van der Waals surface area contributed by atoms with E-state index in [4.69, 9.17) is 16.6 Å². The zero-order valence-electron chi connectivity index (χ0n) is 17.1. The molecule has 0 aliphatic carbocycles. The number of fused-ring (bicyclic) bond motifs is 1. The first-order valence-electron chi connectivity index (χ1n) is 9.97. The Morgan fingerprint density at radius 1 is 1.10 bits per heavy atom. The quantitative estimate of drug-likeness (QED) is 0.656. The smallest absolute Gasteiger partial charge is 0.317 e. The summed E-state index contributed by atoms with van der Waals surface area (Å²) in [6, 6.07) is 7.59. The molecule has 1 saturated heterocycles. The number of nitrogens with zero attached hydrogens (tertiary/aromatic N) is 5. The second-order valence-electron chi connectivity index (χ2n) is 8.10. The fraction of sp³-hybridized carbons (Fsp3) is 0.476. The van der Waals surface area contributed by atoms with Gasteiger partial charge >= 0.3 is 5.69 Å². The molecule has 1 aliphatic rings. The molecule has 4 rings (SSSR count). The van der Waals surface area contributed by atoms with Crippen LogP contribution in [-0.2, 0) is 27.2 Å². The second kappa shape index (κ2) is 7.80. The molecule has 3 heterocycles. The number of hydrogen-bond acceptors (Lipinski definition) is 4. The van der Waals surface area contributed by atoms with Gasteiger partial charge in [-0.15, -0.1) is 0 Å². The molecule has 0 N–H and O–H groups in total. The Kier molecular flexibility index (Phi) is 5.36. The molecule has 0 bridgehead atoms. The third-order valence-electron chi connectivity index (χ3n) is 5.79. The molecule has 0 radical (unpaired) electrons. The molecule has 2 aromatic heterocycles. The third kappa shape index (κ3) is 3.76. The van der Waals surface area contributed by atoms with E-state index in [1.54, 1.807) is 7.05 Å². The number of likely N-dealkylation sites (tertiary alicyclic amines) is 1. The highest BCUT2D eigenvalue weighted by Crippen LogP contribution is 2.21. The topological polar surface area (TPSA) is 65.1 Å². The van der Waals surface area contributed by atoms with Crippen molar-refractivity contribution in [3.05, 3.63) is 61.5 Å². The molecule has 1 aromatic carbocycles. The van der Waals surface area contributed by atoms with Crippen molar-refractivity contribution in [1.82, 2.24) is 23.6 Å². The summed E-state index contributed by atoms with van der Waals surface area (Å²) >= 11 is 6.03. The molecule has 0 spiro atoms. The Hall–Kier alpha value is -2.38. The van der Waals surface area contributed by atoms with Crippen LogP contribution >= 0.6 is 11.6 Å². The fourth-order valence-electron chi connectivity index (χ4n) is 4.19. The predicted molar refractivity (Wildman–Crippen MR) is 114 cm³/mol. The summed E-state index contributed by atoms with van der Waals surface area (Å²) in [4.78, 5) is 32.5. The summed E-state index contributed by atoms with van der Waals surface area (Å²) in [6.45, 7) is 5.46. The van der Waals surface area contributed by atoms with E-state index in [-0.39, 0.29) is 11.2 Å². The van der Waals surface area contributed by atoms with E-state index in [1.165, 1.54) is 24.5 Å². The van der Waals surface area contributed by atoms with Crippen LogP contribution in [0.4, 0.5) is 0 Å². The Balaban J connectivity index is 1.85. The SMILES string of the molecule is C[C@H]1CCCN(Cc2nc3c(c(=O)n(C)c(=O)n3C)n2Cc2ccc(Cl)cc2)C1. The van der Waals surface area contributed by atoms with Gasteiger partial charge in [-0.3, -0.25) is 18.8 Å². The van der Waals surface area contributed by atoms with E-state index in [1.807, 2.05) is 28.8 Å². The number of benzene rings is 1. The van der Waals surface area contributed by atoms with Crippen molar-refractivity contribution < 1.29 is 0 Å². The van der Waals surface area contributed by atoms with Crippen molar-refractivity contribution in [2.24, 2.45) is 20.0 Å². The number of imidazole rings is 1. The Morgan fingerprint density at radius 3 is 2.52 bits per heavy atom. The van der Waals surface area contributed by atoms with Crippen molar-refractivity contribution in [2.75, 3.05) is 13.1 Å². The van der Waals surface area contributed by atoms with Gasteiger partial charge < -0.3 is 4.57 Å². The third-order valence-corrected chi connectivity index (χ3v) is 6.04. The normalized spacial score (nSPS) is 17.9. The van der Waals surface area contributed by atoms with Gasteiger partial charge in [-0.2, -0.15) is 0 Å². The van der Waals surface area contributed by atoms with Crippen molar-refractivity contribution in [2.45, 2.75) is 32.9 Å². The molecule has 3 aromatic rings.